The van der Waals surface area contributed by atoms with Gasteiger partial charge in [-0.1, -0.05) is 6.92 Å². The van der Waals surface area contributed by atoms with E-state index in [1.165, 1.54) is 0 Å². The Hall–Kier alpha value is -0.160. The van der Waals surface area contributed by atoms with Gasteiger partial charge in [0.15, 0.2) is 5.11 Å². The maximum atomic E-state index is 10.9. The molecule has 0 bridgehead atoms. The second kappa shape index (κ2) is 6.54. The van der Waals surface area contributed by atoms with E-state index in [0.29, 0.717) is 23.2 Å². The third kappa shape index (κ3) is 6.25. The highest BCUT2D eigenvalue weighted by Gasteiger charge is 1.95. The van der Waals surface area contributed by atoms with Crippen LogP contribution in [-0.2, 0) is 10.8 Å². The molecular weight excluding hydrogens is 180 g/mol. The summed E-state index contributed by atoms with van der Waals surface area (Å²) in [5.41, 5.74) is 0. The van der Waals surface area contributed by atoms with Crippen LogP contribution < -0.4 is 10.6 Å². The van der Waals surface area contributed by atoms with Gasteiger partial charge < -0.3 is 10.6 Å². The Morgan fingerprint density at radius 2 is 2.27 bits per heavy atom. The molecule has 0 aromatic carbocycles. The highest BCUT2D eigenvalue weighted by atomic mass is 32.2. The Labute approximate surface area is 75.4 Å². The Kier molecular flexibility index (Phi) is 6.45. The van der Waals surface area contributed by atoms with Gasteiger partial charge in [0.25, 0.3) is 0 Å². The van der Waals surface area contributed by atoms with Crippen LogP contribution in [0, 0.1) is 0 Å². The number of thiocarbonyl (C=S) groups is 1. The van der Waals surface area contributed by atoms with Gasteiger partial charge in [-0.25, -0.2) is 0 Å². The third-order valence-electron chi connectivity index (χ3n) is 1.16. The van der Waals surface area contributed by atoms with E-state index >= 15 is 0 Å². The van der Waals surface area contributed by atoms with E-state index in [0.717, 1.165) is 0 Å². The fourth-order valence-corrected chi connectivity index (χ4v) is 1.23. The molecule has 0 aromatic heterocycles. The summed E-state index contributed by atoms with van der Waals surface area (Å²) in [6.45, 7) is 2.59. The molecule has 0 aliphatic carbocycles. The molecule has 3 nitrogen and oxygen atoms in total. The molecule has 0 spiro atoms. The highest BCUT2D eigenvalue weighted by molar-refractivity contribution is 7.84. The molecule has 0 rings (SSSR count). The van der Waals surface area contributed by atoms with E-state index in [-0.39, 0.29) is 0 Å². The van der Waals surface area contributed by atoms with Gasteiger partial charge in [-0.15, -0.1) is 0 Å². The van der Waals surface area contributed by atoms with Crippen molar-refractivity contribution in [2.24, 2.45) is 0 Å². The van der Waals surface area contributed by atoms with Crippen LogP contribution in [0.5, 0.6) is 0 Å². The molecule has 2 N–H and O–H groups in total. The van der Waals surface area contributed by atoms with Crippen molar-refractivity contribution in [3.63, 3.8) is 0 Å². The van der Waals surface area contributed by atoms with Gasteiger partial charge in [-0.2, -0.15) is 0 Å². The average molecular weight is 194 g/mol. The molecule has 66 valence electrons. The van der Waals surface area contributed by atoms with Crippen molar-refractivity contribution < 1.29 is 4.21 Å². The lowest BCUT2D eigenvalue weighted by Gasteiger charge is -2.05. The fraction of sp³-hybridized carbons (Fsp3) is 0.833. The summed E-state index contributed by atoms with van der Waals surface area (Å²) < 4.78 is 10.9. The van der Waals surface area contributed by atoms with E-state index in [2.05, 4.69) is 10.6 Å². The van der Waals surface area contributed by atoms with Gasteiger partial charge in [-0.05, 0) is 12.2 Å². The lowest BCUT2D eigenvalue weighted by molar-refractivity contribution is 0.682. The van der Waals surface area contributed by atoms with E-state index in [1.54, 1.807) is 7.05 Å². The Morgan fingerprint density at radius 1 is 1.64 bits per heavy atom. The molecule has 11 heavy (non-hydrogen) atoms. The predicted octanol–water partition coefficient (Wildman–Crippen LogP) is -0.151. The quantitative estimate of drug-likeness (QED) is 0.611. The first kappa shape index (κ1) is 10.8. The van der Waals surface area contributed by atoms with Crippen molar-refractivity contribution in [1.29, 1.82) is 0 Å². The third-order valence-corrected chi connectivity index (χ3v) is 2.82. The van der Waals surface area contributed by atoms with Crippen LogP contribution in [0.15, 0.2) is 0 Å². The van der Waals surface area contributed by atoms with Crippen LogP contribution >= 0.6 is 12.2 Å². The van der Waals surface area contributed by atoms with E-state index < -0.39 is 10.8 Å². The molecule has 0 saturated carbocycles. The van der Waals surface area contributed by atoms with E-state index in [9.17, 15) is 4.21 Å². The maximum Gasteiger partial charge on any atom is 0.166 e. The molecule has 0 fully saturated rings. The molecule has 0 aliphatic rings. The van der Waals surface area contributed by atoms with Gasteiger partial charge in [0, 0.05) is 35.9 Å². The first-order valence-corrected chi connectivity index (χ1v) is 5.41. The molecule has 0 aromatic rings. The van der Waals surface area contributed by atoms with Crippen molar-refractivity contribution >= 4 is 28.1 Å². The lowest BCUT2D eigenvalue weighted by Crippen LogP contribution is -2.35. The summed E-state index contributed by atoms with van der Waals surface area (Å²) in [5.74, 6) is 1.38. The SMILES string of the molecule is CCS(=O)CCNC(=S)NC. The zero-order chi connectivity index (χ0) is 8.69. The average Bonchev–Trinajstić information content (AvgIpc) is 2.04. The molecule has 1 atom stereocenters. The molecular formula is C6H14N2OS2. The minimum atomic E-state index is -0.695. The lowest BCUT2D eigenvalue weighted by atomic mass is 10.7. The molecule has 0 heterocycles. The fourth-order valence-electron chi connectivity index (χ4n) is 0.511. The van der Waals surface area contributed by atoms with Gasteiger partial charge >= 0.3 is 0 Å². The first-order chi connectivity index (χ1) is 5.20. The summed E-state index contributed by atoms with van der Waals surface area (Å²) in [7, 11) is 1.06. The van der Waals surface area contributed by atoms with Crippen LogP contribution in [-0.4, -0.2) is 34.4 Å². The van der Waals surface area contributed by atoms with Crippen LogP contribution in [0.4, 0.5) is 0 Å². The van der Waals surface area contributed by atoms with E-state index in [1.807, 2.05) is 6.92 Å². The topological polar surface area (TPSA) is 41.1 Å². The standard InChI is InChI=1S/C6H14N2OS2/c1-3-11(9)5-4-8-6(10)7-2/h3-5H2,1-2H3,(H2,7,8,10). The Balaban J connectivity index is 3.27. The zero-order valence-electron chi connectivity index (χ0n) is 6.85. The van der Waals surface area contributed by atoms with Crippen molar-refractivity contribution in [2.45, 2.75) is 6.92 Å². The van der Waals surface area contributed by atoms with Crippen LogP contribution in [0.2, 0.25) is 0 Å². The minimum Gasteiger partial charge on any atom is -0.366 e. The first-order valence-electron chi connectivity index (χ1n) is 3.51. The van der Waals surface area contributed by atoms with Crippen molar-refractivity contribution in [1.82, 2.24) is 10.6 Å². The van der Waals surface area contributed by atoms with Crippen molar-refractivity contribution in [3.05, 3.63) is 0 Å². The number of nitrogens with one attached hydrogen (secondary N) is 2. The van der Waals surface area contributed by atoms with Crippen LogP contribution in [0.3, 0.4) is 0 Å². The second-order valence-corrected chi connectivity index (χ2v) is 4.21. The summed E-state index contributed by atoms with van der Waals surface area (Å²) >= 11 is 4.82. The monoisotopic (exact) mass is 194 g/mol. The number of hydrogen-bond acceptors (Lipinski definition) is 2. The largest absolute Gasteiger partial charge is 0.366 e. The summed E-state index contributed by atoms with van der Waals surface area (Å²) in [6.07, 6.45) is 0. The molecule has 1 unspecified atom stereocenters. The highest BCUT2D eigenvalue weighted by Crippen LogP contribution is 1.78. The maximum absolute atomic E-state index is 10.9. The van der Waals surface area contributed by atoms with Gasteiger partial charge in [0.2, 0.25) is 0 Å². The molecule has 0 aliphatic heterocycles. The van der Waals surface area contributed by atoms with E-state index in [4.69, 9.17) is 12.2 Å². The van der Waals surface area contributed by atoms with Crippen LogP contribution in [0.1, 0.15) is 6.92 Å². The second-order valence-electron chi connectivity index (χ2n) is 1.94. The zero-order valence-corrected chi connectivity index (χ0v) is 8.48. The van der Waals surface area contributed by atoms with Crippen molar-refractivity contribution in [2.75, 3.05) is 25.1 Å². The van der Waals surface area contributed by atoms with Gasteiger partial charge in [-0.3, -0.25) is 4.21 Å². The number of hydrogen-bond donors (Lipinski definition) is 2. The molecule has 0 saturated heterocycles. The normalized spacial score (nSPS) is 12.2. The van der Waals surface area contributed by atoms with Crippen LogP contribution in [0.25, 0.3) is 0 Å². The predicted molar refractivity (Wildman–Crippen MR) is 53.2 cm³/mol. The van der Waals surface area contributed by atoms with Crippen molar-refractivity contribution in [3.8, 4) is 0 Å². The van der Waals surface area contributed by atoms with Gasteiger partial charge in [0.05, 0.1) is 0 Å². The van der Waals surface area contributed by atoms with Gasteiger partial charge in [0.1, 0.15) is 0 Å². The smallest absolute Gasteiger partial charge is 0.166 e. The summed E-state index contributed by atoms with van der Waals surface area (Å²) in [4.78, 5) is 0. The summed E-state index contributed by atoms with van der Waals surface area (Å²) in [6, 6.07) is 0. The Morgan fingerprint density at radius 3 is 2.73 bits per heavy atom. The molecule has 5 heteroatoms. The Bertz CT molecular complexity index is 134. The number of rotatable bonds is 4. The molecule has 0 radical (unpaired) electrons. The summed E-state index contributed by atoms with van der Waals surface area (Å²) in [5, 5.41) is 6.31. The minimum absolute atomic E-state index is 0.609. The molecule has 0 amide bonds.